The average Bonchev–Trinajstić information content (AvgIpc) is 2.97. The Kier molecular flexibility index (Phi) is 3.50. The molecule has 1 atom stereocenters. The molecule has 0 unspecified atom stereocenters. The minimum absolute atomic E-state index is 0.114. The number of carbonyl (C=O) groups excluding carboxylic acids is 1. The summed E-state index contributed by atoms with van der Waals surface area (Å²) >= 11 is 0. The zero-order valence-electron chi connectivity index (χ0n) is 10.8. The molecule has 5 nitrogen and oxygen atoms in total. The third-order valence-electron chi connectivity index (χ3n) is 2.88. The lowest BCUT2D eigenvalue weighted by molar-refractivity contribution is 0.0930. The van der Waals surface area contributed by atoms with Crippen LogP contribution in [0.15, 0.2) is 28.9 Å². The Morgan fingerprint density at radius 3 is 3.00 bits per heavy atom. The van der Waals surface area contributed by atoms with E-state index < -0.39 is 0 Å². The molecule has 0 fully saturated rings. The van der Waals surface area contributed by atoms with Gasteiger partial charge in [0.05, 0.1) is 6.26 Å². The van der Waals surface area contributed by atoms with Gasteiger partial charge in [-0.25, -0.2) is 0 Å². The first kappa shape index (κ1) is 12.4. The van der Waals surface area contributed by atoms with Crippen LogP contribution in [-0.4, -0.2) is 21.7 Å². The van der Waals surface area contributed by atoms with Crippen molar-refractivity contribution in [3.8, 4) is 11.5 Å². The molecular weight excluding hydrogens is 230 g/mol. The van der Waals surface area contributed by atoms with Crippen LogP contribution in [0.25, 0.3) is 11.5 Å². The summed E-state index contributed by atoms with van der Waals surface area (Å²) in [6, 6.07) is 5.50. The SMILES string of the molecule is CC[C@@H](C)NC(=O)c1cc(-c2ccco2)nn1C. The van der Waals surface area contributed by atoms with Crippen LogP contribution < -0.4 is 5.32 Å². The van der Waals surface area contributed by atoms with Gasteiger partial charge in [0, 0.05) is 19.2 Å². The molecule has 0 aliphatic carbocycles. The first-order chi connectivity index (χ1) is 8.61. The predicted molar refractivity (Wildman–Crippen MR) is 68.1 cm³/mol. The number of hydrogen-bond acceptors (Lipinski definition) is 3. The van der Waals surface area contributed by atoms with E-state index in [2.05, 4.69) is 10.4 Å². The molecule has 1 amide bonds. The summed E-state index contributed by atoms with van der Waals surface area (Å²) in [6.07, 6.45) is 2.48. The van der Waals surface area contributed by atoms with Crippen molar-refractivity contribution < 1.29 is 9.21 Å². The van der Waals surface area contributed by atoms with Crippen LogP contribution in [-0.2, 0) is 7.05 Å². The molecule has 18 heavy (non-hydrogen) atoms. The molecule has 0 saturated carbocycles. The highest BCUT2D eigenvalue weighted by Crippen LogP contribution is 2.19. The smallest absolute Gasteiger partial charge is 0.269 e. The number of furan rings is 1. The number of rotatable bonds is 4. The molecule has 2 aromatic heterocycles. The fourth-order valence-electron chi connectivity index (χ4n) is 1.62. The standard InChI is InChI=1S/C13H17N3O2/c1-4-9(2)14-13(17)11-8-10(15-16(11)3)12-6-5-7-18-12/h5-9H,4H2,1-3H3,(H,14,17)/t9-/m1/s1. The fourth-order valence-corrected chi connectivity index (χ4v) is 1.62. The van der Waals surface area contributed by atoms with Crippen LogP contribution in [0.1, 0.15) is 30.8 Å². The van der Waals surface area contributed by atoms with Gasteiger partial charge in [0.1, 0.15) is 11.4 Å². The van der Waals surface area contributed by atoms with E-state index in [0.29, 0.717) is 17.1 Å². The normalized spacial score (nSPS) is 12.4. The first-order valence-corrected chi connectivity index (χ1v) is 6.00. The molecule has 1 N–H and O–H groups in total. The van der Waals surface area contributed by atoms with Gasteiger partial charge in [0.25, 0.3) is 5.91 Å². The summed E-state index contributed by atoms with van der Waals surface area (Å²) < 4.78 is 6.83. The lowest BCUT2D eigenvalue weighted by Crippen LogP contribution is -2.33. The number of amides is 1. The topological polar surface area (TPSA) is 60.1 Å². The maximum Gasteiger partial charge on any atom is 0.269 e. The number of hydrogen-bond donors (Lipinski definition) is 1. The van der Waals surface area contributed by atoms with Crippen LogP contribution in [0.3, 0.4) is 0 Å². The fraction of sp³-hybridized carbons (Fsp3) is 0.385. The van der Waals surface area contributed by atoms with Crippen molar-refractivity contribution >= 4 is 5.91 Å². The van der Waals surface area contributed by atoms with Crippen molar-refractivity contribution in [2.24, 2.45) is 7.05 Å². The van der Waals surface area contributed by atoms with Crippen molar-refractivity contribution in [3.05, 3.63) is 30.2 Å². The van der Waals surface area contributed by atoms with E-state index in [1.807, 2.05) is 19.9 Å². The van der Waals surface area contributed by atoms with Gasteiger partial charge in [-0.05, 0) is 25.5 Å². The Morgan fingerprint density at radius 2 is 2.39 bits per heavy atom. The van der Waals surface area contributed by atoms with Crippen molar-refractivity contribution in [1.29, 1.82) is 0 Å². The summed E-state index contributed by atoms with van der Waals surface area (Å²) in [4.78, 5) is 12.0. The van der Waals surface area contributed by atoms with Crippen molar-refractivity contribution in [1.82, 2.24) is 15.1 Å². The summed E-state index contributed by atoms with van der Waals surface area (Å²) in [5, 5.41) is 7.18. The summed E-state index contributed by atoms with van der Waals surface area (Å²) in [5.41, 5.74) is 1.19. The van der Waals surface area contributed by atoms with Crippen molar-refractivity contribution in [3.63, 3.8) is 0 Å². The van der Waals surface area contributed by atoms with E-state index in [4.69, 9.17) is 4.42 Å². The molecular formula is C13H17N3O2. The van der Waals surface area contributed by atoms with Crippen LogP contribution in [0.5, 0.6) is 0 Å². The monoisotopic (exact) mass is 247 g/mol. The third kappa shape index (κ3) is 2.45. The molecule has 0 aliphatic rings. The molecule has 0 radical (unpaired) electrons. The minimum Gasteiger partial charge on any atom is -0.463 e. The van der Waals surface area contributed by atoms with E-state index in [0.717, 1.165) is 6.42 Å². The Bertz CT molecular complexity index is 528. The van der Waals surface area contributed by atoms with E-state index in [-0.39, 0.29) is 11.9 Å². The minimum atomic E-state index is -0.114. The number of nitrogens with zero attached hydrogens (tertiary/aromatic N) is 2. The van der Waals surface area contributed by atoms with Gasteiger partial charge in [0.2, 0.25) is 0 Å². The Labute approximate surface area is 106 Å². The second kappa shape index (κ2) is 5.08. The summed E-state index contributed by atoms with van der Waals surface area (Å²) in [5.74, 6) is 0.547. The zero-order valence-corrected chi connectivity index (χ0v) is 10.8. The zero-order chi connectivity index (χ0) is 13.1. The maximum absolute atomic E-state index is 12.0. The van der Waals surface area contributed by atoms with Crippen LogP contribution in [0.2, 0.25) is 0 Å². The van der Waals surface area contributed by atoms with E-state index in [1.54, 1.807) is 30.1 Å². The molecule has 0 bridgehead atoms. The highest BCUT2D eigenvalue weighted by atomic mass is 16.3. The van der Waals surface area contributed by atoms with E-state index >= 15 is 0 Å². The van der Waals surface area contributed by atoms with Gasteiger partial charge >= 0.3 is 0 Å². The van der Waals surface area contributed by atoms with Crippen LogP contribution >= 0.6 is 0 Å². The van der Waals surface area contributed by atoms with Crippen molar-refractivity contribution in [2.75, 3.05) is 0 Å². The van der Waals surface area contributed by atoms with Crippen LogP contribution in [0, 0.1) is 0 Å². The lowest BCUT2D eigenvalue weighted by Gasteiger charge is -2.10. The molecule has 0 saturated heterocycles. The number of aryl methyl sites for hydroxylation is 1. The second-order valence-corrected chi connectivity index (χ2v) is 4.30. The number of nitrogens with one attached hydrogen (secondary N) is 1. The molecule has 0 aliphatic heterocycles. The molecule has 2 heterocycles. The third-order valence-corrected chi connectivity index (χ3v) is 2.88. The quantitative estimate of drug-likeness (QED) is 0.901. The molecule has 2 aromatic rings. The lowest BCUT2D eigenvalue weighted by atomic mass is 10.2. The summed E-state index contributed by atoms with van der Waals surface area (Å²) in [6.45, 7) is 4.00. The van der Waals surface area contributed by atoms with Gasteiger partial charge in [-0.2, -0.15) is 5.10 Å². The highest BCUT2D eigenvalue weighted by Gasteiger charge is 2.16. The Morgan fingerprint density at radius 1 is 1.61 bits per heavy atom. The van der Waals surface area contributed by atoms with Gasteiger partial charge in [-0.15, -0.1) is 0 Å². The molecule has 96 valence electrons. The summed E-state index contributed by atoms with van der Waals surface area (Å²) in [7, 11) is 1.75. The second-order valence-electron chi connectivity index (χ2n) is 4.30. The largest absolute Gasteiger partial charge is 0.463 e. The van der Waals surface area contributed by atoms with Gasteiger partial charge in [-0.3, -0.25) is 9.48 Å². The van der Waals surface area contributed by atoms with Crippen LogP contribution in [0.4, 0.5) is 0 Å². The maximum atomic E-state index is 12.0. The van der Waals surface area contributed by atoms with Gasteiger partial charge in [-0.1, -0.05) is 6.92 Å². The molecule has 0 spiro atoms. The van der Waals surface area contributed by atoms with E-state index in [9.17, 15) is 4.79 Å². The first-order valence-electron chi connectivity index (χ1n) is 6.00. The molecule has 0 aromatic carbocycles. The van der Waals surface area contributed by atoms with Gasteiger partial charge < -0.3 is 9.73 Å². The Balaban J connectivity index is 2.22. The number of carbonyl (C=O) groups is 1. The number of aromatic nitrogens is 2. The molecule has 2 rings (SSSR count). The average molecular weight is 247 g/mol. The predicted octanol–water partition coefficient (Wildman–Crippen LogP) is 2.21. The van der Waals surface area contributed by atoms with Gasteiger partial charge in [0.15, 0.2) is 5.76 Å². The Hall–Kier alpha value is -2.04. The molecule has 5 heteroatoms. The van der Waals surface area contributed by atoms with Crippen molar-refractivity contribution in [2.45, 2.75) is 26.3 Å². The highest BCUT2D eigenvalue weighted by molar-refractivity contribution is 5.93. The van der Waals surface area contributed by atoms with E-state index in [1.165, 1.54) is 0 Å².